The second-order valence-electron chi connectivity index (χ2n) is 2.76. The van der Waals surface area contributed by atoms with Crippen molar-refractivity contribution in [2.24, 2.45) is 5.73 Å². The first-order valence-corrected chi connectivity index (χ1v) is 3.72. The fraction of sp³-hybridized carbons (Fsp3) is 0.250. The summed E-state index contributed by atoms with van der Waals surface area (Å²) in [5, 5.41) is 10.3. The summed E-state index contributed by atoms with van der Waals surface area (Å²) < 4.78 is 12.8. The Labute approximate surface area is 74.3 Å². The summed E-state index contributed by atoms with van der Waals surface area (Å²) in [7, 11) is 0. The molecule has 1 rings (SSSR count). The van der Waals surface area contributed by atoms with Crippen LogP contribution in [0.15, 0.2) is 18.2 Å². The number of benzene rings is 1. The molecule has 70 valence electrons. The van der Waals surface area contributed by atoms with E-state index in [-0.39, 0.29) is 6.04 Å². The van der Waals surface area contributed by atoms with Gasteiger partial charge in [0.25, 0.3) is 0 Å². The minimum absolute atomic E-state index is 0.334. The Morgan fingerprint density at radius 2 is 2.23 bits per heavy atom. The maximum atomic E-state index is 12.8. The normalized spacial score (nSPS) is 12.5. The smallest absolute Gasteiger partial charge is 0.305 e. The lowest BCUT2D eigenvalue weighted by molar-refractivity contribution is -0.387. The molecule has 1 atom stereocenters. The van der Waals surface area contributed by atoms with Crippen LogP contribution in [0, 0.1) is 15.9 Å². The molecule has 13 heavy (non-hydrogen) atoms. The highest BCUT2D eigenvalue weighted by molar-refractivity contribution is 5.37. The van der Waals surface area contributed by atoms with Gasteiger partial charge in [-0.1, -0.05) is 6.07 Å². The molecule has 0 radical (unpaired) electrons. The van der Waals surface area contributed by atoms with Crippen LogP contribution >= 0.6 is 0 Å². The van der Waals surface area contributed by atoms with Gasteiger partial charge in [0.2, 0.25) is 5.82 Å². The molecule has 2 N–H and O–H groups in total. The molecule has 0 aliphatic heterocycles. The van der Waals surface area contributed by atoms with Crippen molar-refractivity contribution in [3.8, 4) is 0 Å². The quantitative estimate of drug-likeness (QED) is 0.562. The largest absolute Gasteiger partial charge is 0.324 e. The maximum absolute atomic E-state index is 12.8. The highest BCUT2D eigenvalue weighted by Gasteiger charge is 2.15. The zero-order valence-corrected chi connectivity index (χ0v) is 7.03. The SMILES string of the molecule is C[C@H](N)c1ccc(F)c([N+](=O)[O-])c1. The number of halogens is 1. The van der Waals surface area contributed by atoms with Gasteiger partial charge in [0.15, 0.2) is 0 Å². The van der Waals surface area contributed by atoms with Crippen molar-refractivity contribution >= 4 is 5.69 Å². The summed E-state index contributed by atoms with van der Waals surface area (Å²) >= 11 is 0. The van der Waals surface area contributed by atoms with Gasteiger partial charge < -0.3 is 5.73 Å². The highest BCUT2D eigenvalue weighted by Crippen LogP contribution is 2.21. The first-order valence-electron chi connectivity index (χ1n) is 3.72. The summed E-state index contributed by atoms with van der Waals surface area (Å²) in [5.74, 6) is -0.839. The van der Waals surface area contributed by atoms with Crippen molar-refractivity contribution in [3.63, 3.8) is 0 Å². The predicted molar refractivity (Wildman–Crippen MR) is 45.7 cm³/mol. The molecule has 0 saturated heterocycles. The third kappa shape index (κ3) is 2.00. The summed E-state index contributed by atoms with van der Waals surface area (Å²) in [5.41, 5.74) is 5.50. The van der Waals surface area contributed by atoms with Crippen molar-refractivity contribution in [1.82, 2.24) is 0 Å². The molecule has 0 aliphatic rings. The van der Waals surface area contributed by atoms with Gasteiger partial charge in [0.05, 0.1) is 4.92 Å². The van der Waals surface area contributed by atoms with E-state index in [1.807, 2.05) is 0 Å². The van der Waals surface area contributed by atoms with E-state index in [1.165, 1.54) is 6.07 Å². The molecule has 0 saturated carbocycles. The highest BCUT2D eigenvalue weighted by atomic mass is 19.1. The van der Waals surface area contributed by atoms with Crippen molar-refractivity contribution in [1.29, 1.82) is 0 Å². The lowest BCUT2D eigenvalue weighted by Crippen LogP contribution is -2.05. The van der Waals surface area contributed by atoms with Crippen LogP contribution in [0.5, 0.6) is 0 Å². The molecular formula is C8H9FN2O2. The van der Waals surface area contributed by atoms with E-state index >= 15 is 0 Å². The van der Waals surface area contributed by atoms with Crippen molar-refractivity contribution < 1.29 is 9.31 Å². The standard InChI is InChI=1S/C8H9FN2O2/c1-5(10)6-2-3-7(9)8(4-6)11(12)13/h2-5H,10H2,1H3/t5-/m0/s1. The second-order valence-corrected chi connectivity index (χ2v) is 2.76. The molecule has 1 aromatic carbocycles. The fourth-order valence-electron chi connectivity index (χ4n) is 0.953. The fourth-order valence-corrected chi connectivity index (χ4v) is 0.953. The van der Waals surface area contributed by atoms with Crippen LogP contribution in [0.1, 0.15) is 18.5 Å². The van der Waals surface area contributed by atoms with E-state index in [0.717, 1.165) is 12.1 Å². The lowest BCUT2D eigenvalue weighted by atomic mass is 10.1. The molecule has 0 aliphatic carbocycles. The van der Waals surface area contributed by atoms with Gasteiger partial charge in [-0.15, -0.1) is 0 Å². The van der Waals surface area contributed by atoms with Gasteiger partial charge in [-0.3, -0.25) is 10.1 Å². The average molecular weight is 184 g/mol. The molecule has 5 heteroatoms. The molecule has 0 unspecified atom stereocenters. The van der Waals surface area contributed by atoms with E-state index in [1.54, 1.807) is 6.92 Å². The van der Waals surface area contributed by atoms with Gasteiger partial charge in [-0.25, -0.2) is 0 Å². The van der Waals surface area contributed by atoms with E-state index in [2.05, 4.69) is 0 Å². The third-order valence-electron chi connectivity index (χ3n) is 1.69. The number of nitro groups is 1. The van der Waals surface area contributed by atoms with Gasteiger partial charge >= 0.3 is 5.69 Å². The van der Waals surface area contributed by atoms with Gasteiger partial charge in [0.1, 0.15) is 0 Å². The molecule has 0 fully saturated rings. The average Bonchev–Trinajstić information content (AvgIpc) is 2.04. The minimum atomic E-state index is -0.839. The van der Waals surface area contributed by atoms with Gasteiger partial charge in [-0.05, 0) is 18.6 Å². The second kappa shape index (κ2) is 3.49. The predicted octanol–water partition coefficient (Wildman–Crippen LogP) is 1.75. The van der Waals surface area contributed by atoms with Crippen LogP contribution in [-0.4, -0.2) is 4.92 Å². The van der Waals surface area contributed by atoms with E-state index in [0.29, 0.717) is 5.56 Å². The Kier molecular flexibility index (Phi) is 2.57. The first-order chi connectivity index (χ1) is 6.02. The Hall–Kier alpha value is -1.49. The Morgan fingerprint density at radius 3 is 2.69 bits per heavy atom. The number of nitrogens with two attached hydrogens (primary N) is 1. The summed E-state index contributed by atoms with van der Waals surface area (Å²) in [6, 6.07) is 3.31. The van der Waals surface area contributed by atoms with E-state index in [9.17, 15) is 14.5 Å². The minimum Gasteiger partial charge on any atom is -0.324 e. The Bertz CT molecular complexity index is 339. The molecule has 0 aromatic heterocycles. The molecule has 0 spiro atoms. The molecule has 4 nitrogen and oxygen atoms in total. The molecular weight excluding hydrogens is 175 g/mol. The number of nitrogens with zero attached hydrogens (tertiary/aromatic N) is 1. The lowest BCUT2D eigenvalue weighted by Gasteiger charge is -2.04. The van der Waals surface area contributed by atoms with Crippen molar-refractivity contribution in [2.75, 3.05) is 0 Å². The summed E-state index contributed by atoms with van der Waals surface area (Å²) in [4.78, 5) is 9.56. The molecule has 1 aromatic rings. The van der Waals surface area contributed by atoms with Crippen molar-refractivity contribution in [2.45, 2.75) is 13.0 Å². The van der Waals surface area contributed by atoms with Crippen molar-refractivity contribution in [3.05, 3.63) is 39.7 Å². The first kappa shape index (κ1) is 9.60. The molecule has 0 bridgehead atoms. The van der Waals surface area contributed by atoms with E-state index in [4.69, 9.17) is 5.73 Å². The number of hydrogen-bond acceptors (Lipinski definition) is 3. The Balaban J connectivity index is 3.19. The number of hydrogen-bond donors (Lipinski definition) is 1. The van der Waals surface area contributed by atoms with Crippen LogP contribution < -0.4 is 5.73 Å². The zero-order valence-electron chi connectivity index (χ0n) is 7.03. The molecule has 0 heterocycles. The maximum Gasteiger partial charge on any atom is 0.305 e. The monoisotopic (exact) mass is 184 g/mol. The number of rotatable bonds is 2. The third-order valence-corrected chi connectivity index (χ3v) is 1.69. The Morgan fingerprint density at radius 1 is 1.62 bits per heavy atom. The van der Waals surface area contributed by atoms with Crippen LogP contribution in [0.25, 0.3) is 0 Å². The molecule has 0 amide bonds. The summed E-state index contributed by atoms with van der Waals surface area (Å²) in [6.45, 7) is 1.68. The van der Waals surface area contributed by atoms with Crippen LogP contribution in [0.2, 0.25) is 0 Å². The summed E-state index contributed by atoms with van der Waals surface area (Å²) in [6.07, 6.45) is 0. The van der Waals surface area contributed by atoms with Gasteiger partial charge in [-0.2, -0.15) is 4.39 Å². The van der Waals surface area contributed by atoms with Crippen LogP contribution in [0.4, 0.5) is 10.1 Å². The van der Waals surface area contributed by atoms with Gasteiger partial charge in [0, 0.05) is 12.1 Å². The zero-order chi connectivity index (χ0) is 10.0. The van der Waals surface area contributed by atoms with Crippen LogP contribution in [-0.2, 0) is 0 Å². The number of nitro benzene ring substituents is 1. The van der Waals surface area contributed by atoms with E-state index < -0.39 is 16.4 Å². The van der Waals surface area contributed by atoms with Crippen LogP contribution in [0.3, 0.4) is 0 Å². The topological polar surface area (TPSA) is 69.2 Å².